The highest BCUT2D eigenvalue weighted by atomic mass is 16.3. The van der Waals surface area contributed by atoms with Gasteiger partial charge in [-0.3, -0.25) is 0 Å². The molecule has 1 aromatic heterocycles. The average molecular weight is 780 g/mol. The van der Waals surface area contributed by atoms with Gasteiger partial charge in [-0.1, -0.05) is 166 Å². The van der Waals surface area contributed by atoms with Crippen molar-refractivity contribution < 1.29 is 4.42 Å². The molecule has 61 heavy (non-hydrogen) atoms. The molecule has 0 saturated heterocycles. The summed E-state index contributed by atoms with van der Waals surface area (Å²) in [7, 11) is 0. The lowest BCUT2D eigenvalue weighted by Gasteiger charge is -2.40. The maximum absolute atomic E-state index is 6.57. The molecule has 0 unspecified atom stereocenters. The monoisotopic (exact) mass is 779 g/mol. The van der Waals surface area contributed by atoms with Crippen molar-refractivity contribution in [3.8, 4) is 44.5 Å². The predicted molar refractivity (Wildman–Crippen MR) is 252 cm³/mol. The van der Waals surface area contributed by atoms with Crippen LogP contribution in [0.1, 0.15) is 47.2 Å². The summed E-state index contributed by atoms with van der Waals surface area (Å²) >= 11 is 0. The Balaban J connectivity index is 1.06. The number of nitrogens with zero attached hydrogens (tertiary/aromatic N) is 1. The number of rotatable bonds is 4. The van der Waals surface area contributed by atoms with Crippen molar-refractivity contribution in [3.05, 3.63) is 234 Å². The SMILES string of the molecule is CC1(C)c2ccccc2-c2cccc(-c3cccc(N(c4ccc5c(c4)C4(Cc6ccccc6-5)c5ccccc5-c5ccccc54)c4ccc5c(c4)oc4ccccc45)c3)c21. The minimum absolute atomic E-state index is 0.137. The van der Waals surface area contributed by atoms with E-state index in [9.17, 15) is 0 Å². The van der Waals surface area contributed by atoms with Gasteiger partial charge in [-0.25, -0.2) is 0 Å². The number of para-hydroxylation sites is 1. The topological polar surface area (TPSA) is 16.4 Å². The minimum Gasteiger partial charge on any atom is -0.456 e. The van der Waals surface area contributed by atoms with Crippen LogP contribution in [0, 0.1) is 0 Å². The van der Waals surface area contributed by atoms with Gasteiger partial charge in [0.25, 0.3) is 0 Å². The number of hydrogen-bond donors (Lipinski definition) is 0. The van der Waals surface area contributed by atoms with Crippen molar-refractivity contribution in [1.82, 2.24) is 0 Å². The molecule has 2 heteroatoms. The molecule has 0 amide bonds. The van der Waals surface area contributed by atoms with Crippen LogP contribution >= 0.6 is 0 Å². The smallest absolute Gasteiger partial charge is 0.137 e. The van der Waals surface area contributed by atoms with Crippen LogP contribution in [0.3, 0.4) is 0 Å². The molecule has 0 fully saturated rings. The van der Waals surface area contributed by atoms with E-state index in [1.165, 1.54) is 77.9 Å². The van der Waals surface area contributed by atoms with Gasteiger partial charge in [0.15, 0.2) is 0 Å². The van der Waals surface area contributed by atoms with E-state index in [1.807, 2.05) is 6.07 Å². The lowest BCUT2D eigenvalue weighted by Crippen LogP contribution is -2.33. The van der Waals surface area contributed by atoms with Gasteiger partial charge in [-0.05, 0) is 127 Å². The molecular formula is C59H41NO. The zero-order valence-corrected chi connectivity index (χ0v) is 34.1. The molecule has 13 rings (SSSR count). The number of benzene rings is 9. The summed E-state index contributed by atoms with van der Waals surface area (Å²) in [5.41, 5.74) is 23.2. The van der Waals surface area contributed by atoms with Gasteiger partial charge in [0, 0.05) is 39.3 Å². The summed E-state index contributed by atoms with van der Waals surface area (Å²) in [6.07, 6.45) is 0.894. The van der Waals surface area contributed by atoms with E-state index in [-0.39, 0.29) is 10.8 Å². The maximum Gasteiger partial charge on any atom is 0.137 e. The fraction of sp³-hybridized carbons (Fsp3) is 0.0847. The largest absolute Gasteiger partial charge is 0.456 e. The van der Waals surface area contributed by atoms with Gasteiger partial charge in [0.05, 0.1) is 5.41 Å². The fourth-order valence-corrected chi connectivity index (χ4v) is 11.6. The Kier molecular flexibility index (Phi) is 7.09. The first-order chi connectivity index (χ1) is 30.0. The van der Waals surface area contributed by atoms with Crippen LogP contribution in [0.4, 0.5) is 17.1 Å². The molecule has 10 aromatic rings. The molecule has 0 atom stereocenters. The zero-order chi connectivity index (χ0) is 40.5. The Morgan fingerprint density at radius 1 is 0.393 bits per heavy atom. The molecule has 0 saturated carbocycles. The van der Waals surface area contributed by atoms with Crippen LogP contribution in [0.2, 0.25) is 0 Å². The first kappa shape index (κ1) is 34.4. The molecule has 9 aromatic carbocycles. The summed E-state index contributed by atoms with van der Waals surface area (Å²) < 4.78 is 6.57. The Labute approximate surface area is 356 Å². The average Bonchev–Trinajstić information content (AvgIpc) is 3.90. The summed E-state index contributed by atoms with van der Waals surface area (Å²) in [4.78, 5) is 2.44. The van der Waals surface area contributed by atoms with Crippen molar-refractivity contribution in [2.24, 2.45) is 0 Å². The highest BCUT2D eigenvalue weighted by molar-refractivity contribution is 6.06. The normalized spacial score (nSPS) is 14.6. The molecular weight excluding hydrogens is 739 g/mol. The standard InChI is InChI=1S/C59H41NO/c1-58(2)51-25-9-5-21-46(51)50-24-14-23-43(57(50)58)37-16-13-17-39(33-37)60(41-30-32-49-48-22-8-12-28-55(48)61-56(49)35-41)40-29-31-47-42-18-4-3-15-38(42)36-59(54(47)34-40)52-26-10-6-19-44(52)45-20-7-11-27-53(45)59/h3-35H,36H2,1-2H3. The van der Waals surface area contributed by atoms with Crippen LogP contribution in [-0.4, -0.2) is 0 Å². The van der Waals surface area contributed by atoms with Crippen molar-refractivity contribution in [3.63, 3.8) is 0 Å². The van der Waals surface area contributed by atoms with Crippen LogP contribution in [0.5, 0.6) is 0 Å². The maximum atomic E-state index is 6.57. The molecule has 3 aliphatic rings. The lowest BCUT2D eigenvalue weighted by atomic mass is 9.63. The Morgan fingerprint density at radius 2 is 0.951 bits per heavy atom. The van der Waals surface area contributed by atoms with Gasteiger partial charge in [0.2, 0.25) is 0 Å². The molecule has 2 nitrogen and oxygen atoms in total. The van der Waals surface area contributed by atoms with Crippen molar-refractivity contribution in [2.75, 3.05) is 4.90 Å². The third-order valence-electron chi connectivity index (χ3n) is 14.2. The quantitative estimate of drug-likeness (QED) is 0.177. The van der Waals surface area contributed by atoms with Gasteiger partial charge >= 0.3 is 0 Å². The number of furan rings is 1. The summed E-state index contributed by atoms with van der Waals surface area (Å²) in [6, 6.07) is 74.4. The number of anilines is 3. The van der Waals surface area contributed by atoms with Crippen LogP contribution in [0.25, 0.3) is 66.4 Å². The minimum atomic E-state index is -0.353. The van der Waals surface area contributed by atoms with Crippen LogP contribution in [0.15, 0.2) is 205 Å². The van der Waals surface area contributed by atoms with Crippen molar-refractivity contribution in [2.45, 2.75) is 31.1 Å². The van der Waals surface area contributed by atoms with E-state index < -0.39 is 0 Å². The van der Waals surface area contributed by atoms with Crippen molar-refractivity contribution >= 4 is 39.0 Å². The van der Waals surface area contributed by atoms with E-state index in [2.05, 4.69) is 213 Å². The molecule has 0 aliphatic heterocycles. The summed E-state index contributed by atoms with van der Waals surface area (Å²) in [6.45, 7) is 4.75. The lowest BCUT2D eigenvalue weighted by molar-refractivity contribution is 0.622. The van der Waals surface area contributed by atoms with E-state index >= 15 is 0 Å². The van der Waals surface area contributed by atoms with Crippen LogP contribution in [-0.2, 0) is 17.3 Å². The van der Waals surface area contributed by atoms with E-state index in [1.54, 1.807) is 0 Å². The van der Waals surface area contributed by atoms with E-state index in [4.69, 9.17) is 4.42 Å². The molecule has 3 aliphatic carbocycles. The Morgan fingerprint density at radius 3 is 1.75 bits per heavy atom. The molecule has 0 bridgehead atoms. The fourth-order valence-electron chi connectivity index (χ4n) is 11.6. The number of hydrogen-bond acceptors (Lipinski definition) is 2. The van der Waals surface area contributed by atoms with Gasteiger partial charge in [0.1, 0.15) is 11.2 Å². The first-order valence-corrected chi connectivity index (χ1v) is 21.5. The summed E-state index contributed by atoms with van der Waals surface area (Å²) in [5, 5.41) is 2.25. The molecule has 0 radical (unpaired) electrons. The van der Waals surface area contributed by atoms with E-state index in [0.29, 0.717) is 0 Å². The molecule has 288 valence electrons. The first-order valence-electron chi connectivity index (χ1n) is 21.5. The van der Waals surface area contributed by atoms with E-state index in [0.717, 1.165) is 45.4 Å². The van der Waals surface area contributed by atoms with Gasteiger partial charge in [-0.2, -0.15) is 0 Å². The molecule has 0 N–H and O–H groups in total. The van der Waals surface area contributed by atoms with Gasteiger partial charge < -0.3 is 9.32 Å². The highest BCUT2D eigenvalue weighted by Gasteiger charge is 2.48. The third kappa shape index (κ3) is 4.73. The molecule has 1 heterocycles. The van der Waals surface area contributed by atoms with Crippen LogP contribution < -0.4 is 4.90 Å². The second-order valence-corrected chi connectivity index (χ2v) is 17.6. The third-order valence-corrected chi connectivity index (χ3v) is 14.2. The predicted octanol–water partition coefficient (Wildman–Crippen LogP) is 15.6. The van der Waals surface area contributed by atoms with Crippen molar-refractivity contribution in [1.29, 1.82) is 0 Å². The summed E-state index contributed by atoms with van der Waals surface area (Å²) in [5.74, 6) is 0. The van der Waals surface area contributed by atoms with Gasteiger partial charge in [-0.15, -0.1) is 0 Å². The Hall–Kier alpha value is -7.42. The highest BCUT2D eigenvalue weighted by Crippen LogP contribution is 2.60. The zero-order valence-electron chi connectivity index (χ0n) is 34.1. The second-order valence-electron chi connectivity index (χ2n) is 17.6. The second kappa shape index (κ2) is 12.5. The number of fused-ring (bicyclic) bond motifs is 15. The molecule has 1 spiro atoms. The Bertz CT molecular complexity index is 3410.